The molecule has 5 heteroatoms. The number of nitrogens with zero attached hydrogens (tertiary/aromatic N) is 1. The zero-order chi connectivity index (χ0) is 13.4. The molecule has 0 aliphatic heterocycles. The molecular weight excluding hydrogens is 253 g/mol. The highest BCUT2D eigenvalue weighted by Gasteiger charge is 2.10. The molecule has 0 saturated heterocycles. The minimum atomic E-state index is -0.698. The van der Waals surface area contributed by atoms with Crippen LogP contribution in [0.5, 0.6) is 0 Å². The summed E-state index contributed by atoms with van der Waals surface area (Å²) >= 11 is 0. The van der Waals surface area contributed by atoms with E-state index in [1.165, 1.54) is 18.2 Å². The number of hydrogen-bond acceptors (Lipinski definition) is 1. The summed E-state index contributed by atoms with van der Waals surface area (Å²) in [6, 6.07) is 7.93. The molecule has 1 heterocycles. The van der Waals surface area contributed by atoms with Crippen molar-refractivity contribution in [1.82, 2.24) is 9.97 Å². The van der Waals surface area contributed by atoms with Gasteiger partial charge in [-0.25, -0.2) is 18.2 Å². The van der Waals surface area contributed by atoms with Crippen molar-refractivity contribution in [2.24, 2.45) is 0 Å². The average Bonchev–Trinajstić information content (AvgIpc) is 2.75. The summed E-state index contributed by atoms with van der Waals surface area (Å²) in [4.78, 5) is 6.94. The number of fused-ring (bicyclic) bond motifs is 1. The second-order valence-corrected chi connectivity index (χ2v) is 4.27. The number of aromatic amines is 1. The fourth-order valence-corrected chi connectivity index (χ4v) is 1.97. The molecule has 0 radical (unpaired) electrons. The maximum atomic E-state index is 13.5. The van der Waals surface area contributed by atoms with Gasteiger partial charge < -0.3 is 4.98 Å². The maximum Gasteiger partial charge on any atom is 0.153 e. The fraction of sp³-hybridized carbons (Fsp3) is 0.0714. The highest BCUT2D eigenvalue weighted by atomic mass is 19.1. The van der Waals surface area contributed by atoms with Gasteiger partial charge in [0.2, 0.25) is 0 Å². The SMILES string of the molecule is Fc1ccc(Cc2nc3c(F)cc(F)cc3[nH]2)cc1. The number of H-pyrrole nitrogens is 1. The van der Waals surface area contributed by atoms with Crippen LogP contribution in [0.4, 0.5) is 13.2 Å². The molecule has 1 N–H and O–H groups in total. The van der Waals surface area contributed by atoms with Crippen molar-refractivity contribution >= 4 is 11.0 Å². The van der Waals surface area contributed by atoms with Crippen LogP contribution in [-0.4, -0.2) is 9.97 Å². The average molecular weight is 262 g/mol. The maximum absolute atomic E-state index is 13.5. The number of hydrogen-bond donors (Lipinski definition) is 1. The highest BCUT2D eigenvalue weighted by molar-refractivity contribution is 5.75. The van der Waals surface area contributed by atoms with Crippen LogP contribution >= 0.6 is 0 Å². The lowest BCUT2D eigenvalue weighted by Gasteiger charge is -1.97. The Labute approximate surface area is 106 Å². The van der Waals surface area contributed by atoms with E-state index in [1.807, 2.05) is 0 Å². The quantitative estimate of drug-likeness (QED) is 0.751. The van der Waals surface area contributed by atoms with Gasteiger partial charge in [0.25, 0.3) is 0 Å². The third-order valence-corrected chi connectivity index (χ3v) is 2.84. The Bertz CT molecular complexity index is 732. The number of imidazole rings is 1. The van der Waals surface area contributed by atoms with Crippen LogP contribution in [0.15, 0.2) is 36.4 Å². The molecule has 0 aliphatic rings. The monoisotopic (exact) mass is 262 g/mol. The fourth-order valence-electron chi connectivity index (χ4n) is 1.97. The molecule has 3 rings (SSSR count). The van der Waals surface area contributed by atoms with Crippen molar-refractivity contribution in [2.45, 2.75) is 6.42 Å². The van der Waals surface area contributed by atoms with E-state index in [0.29, 0.717) is 17.8 Å². The lowest BCUT2D eigenvalue weighted by Crippen LogP contribution is -1.90. The van der Waals surface area contributed by atoms with Gasteiger partial charge in [0.05, 0.1) is 5.52 Å². The molecule has 0 bridgehead atoms. The molecule has 2 aromatic carbocycles. The first-order chi connectivity index (χ1) is 9.11. The summed E-state index contributed by atoms with van der Waals surface area (Å²) in [7, 11) is 0. The van der Waals surface area contributed by atoms with Gasteiger partial charge in [0, 0.05) is 12.5 Å². The topological polar surface area (TPSA) is 28.7 Å². The standard InChI is InChI=1S/C14H9F3N2/c15-9-3-1-8(2-4-9)5-13-18-12-7-10(16)6-11(17)14(12)19-13/h1-4,6-7H,5H2,(H,18,19). The summed E-state index contributed by atoms with van der Waals surface area (Å²) in [5.74, 6) is -1.16. The van der Waals surface area contributed by atoms with E-state index in [2.05, 4.69) is 9.97 Å². The number of benzene rings is 2. The second kappa shape index (κ2) is 4.42. The first-order valence-electron chi connectivity index (χ1n) is 5.70. The number of halogens is 3. The van der Waals surface area contributed by atoms with E-state index in [-0.39, 0.29) is 11.3 Å². The molecule has 0 amide bonds. The predicted octanol–water partition coefficient (Wildman–Crippen LogP) is 3.57. The van der Waals surface area contributed by atoms with E-state index < -0.39 is 11.6 Å². The van der Waals surface area contributed by atoms with Gasteiger partial charge in [0.1, 0.15) is 23.0 Å². The molecule has 0 saturated carbocycles. The Morgan fingerprint density at radius 2 is 1.68 bits per heavy atom. The molecule has 0 aliphatic carbocycles. The lowest BCUT2D eigenvalue weighted by atomic mass is 10.1. The van der Waals surface area contributed by atoms with Crippen LogP contribution in [0.3, 0.4) is 0 Å². The van der Waals surface area contributed by atoms with Crippen LogP contribution in [0, 0.1) is 17.5 Å². The van der Waals surface area contributed by atoms with Crippen LogP contribution in [0.2, 0.25) is 0 Å². The third kappa shape index (κ3) is 2.31. The van der Waals surface area contributed by atoms with Crippen molar-refractivity contribution in [1.29, 1.82) is 0 Å². The van der Waals surface area contributed by atoms with Gasteiger partial charge in [-0.15, -0.1) is 0 Å². The molecule has 3 aromatic rings. The largest absolute Gasteiger partial charge is 0.342 e. The third-order valence-electron chi connectivity index (χ3n) is 2.84. The molecule has 0 spiro atoms. The van der Waals surface area contributed by atoms with Crippen molar-refractivity contribution in [3.8, 4) is 0 Å². The molecular formula is C14H9F3N2. The van der Waals surface area contributed by atoms with Crippen molar-refractivity contribution in [3.63, 3.8) is 0 Å². The minimum Gasteiger partial charge on any atom is -0.342 e. The Kier molecular flexibility index (Phi) is 2.74. The van der Waals surface area contributed by atoms with Gasteiger partial charge >= 0.3 is 0 Å². The summed E-state index contributed by atoms with van der Waals surface area (Å²) in [5.41, 5.74) is 1.26. The lowest BCUT2D eigenvalue weighted by molar-refractivity contribution is 0.590. The van der Waals surface area contributed by atoms with Crippen LogP contribution < -0.4 is 0 Å². The smallest absolute Gasteiger partial charge is 0.153 e. The number of rotatable bonds is 2. The van der Waals surface area contributed by atoms with Crippen LogP contribution in [0.25, 0.3) is 11.0 Å². The number of aromatic nitrogens is 2. The summed E-state index contributed by atoms with van der Waals surface area (Å²) < 4.78 is 39.3. The molecule has 2 nitrogen and oxygen atoms in total. The van der Waals surface area contributed by atoms with Crippen LogP contribution in [-0.2, 0) is 6.42 Å². The van der Waals surface area contributed by atoms with E-state index in [4.69, 9.17) is 0 Å². The highest BCUT2D eigenvalue weighted by Crippen LogP contribution is 2.18. The molecule has 1 aromatic heterocycles. The van der Waals surface area contributed by atoms with E-state index in [1.54, 1.807) is 12.1 Å². The molecule has 0 fully saturated rings. The first kappa shape index (κ1) is 11.8. The van der Waals surface area contributed by atoms with Gasteiger partial charge in [0.15, 0.2) is 5.82 Å². The molecule has 96 valence electrons. The molecule has 19 heavy (non-hydrogen) atoms. The summed E-state index contributed by atoms with van der Waals surface area (Å²) in [6.07, 6.45) is 0.399. The Hall–Kier alpha value is -2.30. The Morgan fingerprint density at radius 1 is 0.947 bits per heavy atom. The summed E-state index contributed by atoms with van der Waals surface area (Å²) in [6.45, 7) is 0. The normalized spacial score (nSPS) is 11.1. The Balaban J connectivity index is 1.97. The van der Waals surface area contributed by atoms with Gasteiger partial charge in [-0.2, -0.15) is 0 Å². The van der Waals surface area contributed by atoms with Crippen LogP contribution in [0.1, 0.15) is 11.4 Å². The van der Waals surface area contributed by atoms with Crippen molar-refractivity contribution in [2.75, 3.05) is 0 Å². The minimum absolute atomic E-state index is 0.110. The van der Waals surface area contributed by atoms with E-state index >= 15 is 0 Å². The van der Waals surface area contributed by atoms with E-state index in [9.17, 15) is 13.2 Å². The molecule has 0 unspecified atom stereocenters. The van der Waals surface area contributed by atoms with E-state index in [0.717, 1.165) is 11.6 Å². The van der Waals surface area contributed by atoms with Gasteiger partial charge in [-0.05, 0) is 23.8 Å². The Morgan fingerprint density at radius 3 is 2.42 bits per heavy atom. The van der Waals surface area contributed by atoms with Gasteiger partial charge in [-0.3, -0.25) is 0 Å². The summed E-state index contributed by atoms with van der Waals surface area (Å²) in [5, 5.41) is 0. The zero-order valence-corrected chi connectivity index (χ0v) is 9.75. The zero-order valence-electron chi connectivity index (χ0n) is 9.75. The predicted molar refractivity (Wildman–Crippen MR) is 65.2 cm³/mol. The first-order valence-corrected chi connectivity index (χ1v) is 5.70. The second-order valence-electron chi connectivity index (χ2n) is 4.27. The van der Waals surface area contributed by atoms with Crippen molar-refractivity contribution in [3.05, 3.63) is 65.2 Å². The number of nitrogens with one attached hydrogen (secondary N) is 1. The molecule has 0 atom stereocenters. The van der Waals surface area contributed by atoms with Gasteiger partial charge in [-0.1, -0.05) is 12.1 Å². The van der Waals surface area contributed by atoms with Crippen molar-refractivity contribution < 1.29 is 13.2 Å².